The van der Waals surface area contributed by atoms with Gasteiger partial charge in [-0.1, -0.05) is 29.3 Å². The first-order valence-electron chi connectivity index (χ1n) is 11.4. The Morgan fingerprint density at radius 1 is 1.15 bits per heavy atom. The standard InChI is InChI=1S/C24H33Cl2N3O4/c1-33-17-19-6-9-27(10-7-19)15-20(30)16-29-13-12-28(11-8-24(29)32)23(31)5-3-18-2-4-21(25)22(26)14-18/h2-5,14,19-20,30H,6-13,15-17H2,1H3. The molecule has 9 heteroatoms. The zero-order valence-electron chi connectivity index (χ0n) is 19.1. The van der Waals surface area contributed by atoms with Gasteiger partial charge in [0.15, 0.2) is 0 Å². The minimum Gasteiger partial charge on any atom is -0.390 e. The summed E-state index contributed by atoms with van der Waals surface area (Å²) in [5.74, 6) is 0.400. The van der Waals surface area contributed by atoms with Gasteiger partial charge < -0.3 is 24.5 Å². The van der Waals surface area contributed by atoms with Crippen LogP contribution >= 0.6 is 23.2 Å². The third-order valence-electron chi connectivity index (χ3n) is 6.27. The summed E-state index contributed by atoms with van der Waals surface area (Å²) in [6.07, 6.45) is 4.95. The predicted octanol–water partition coefficient (Wildman–Crippen LogP) is 2.79. The number of benzene rings is 1. The highest BCUT2D eigenvalue weighted by atomic mass is 35.5. The molecule has 2 fully saturated rings. The second-order valence-electron chi connectivity index (χ2n) is 8.78. The van der Waals surface area contributed by atoms with Crippen LogP contribution in [0.2, 0.25) is 10.0 Å². The molecule has 0 bridgehead atoms. The molecule has 33 heavy (non-hydrogen) atoms. The number of likely N-dealkylation sites (tertiary alicyclic amines) is 1. The Balaban J connectivity index is 1.46. The summed E-state index contributed by atoms with van der Waals surface area (Å²) in [6, 6.07) is 5.17. The first-order chi connectivity index (χ1) is 15.9. The molecule has 1 N–H and O–H groups in total. The molecular formula is C24H33Cl2N3O4. The molecule has 2 aliphatic heterocycles. The van der Waals surface area contributed by atoms with Crippen LogP contribution in [0.5, 0.6) is 0 Å². The molecule has 1 aromatic rings. The van der Waals surface area contributed by atoms with Crippen LogP contribution in [0.1, 0.15) is 24.8 Å². The van der Waals surface area contributed by atoms with Gasteiger partial charge in [-0.05, 0) is 55.6 Å². The molecule has 1 aromatic carbocycles. The number of methoxy groups -OCH3 is 1. The van der Waals surface area contributed by atoms with Crippen LogP contribution in [0, 0.1) is 5.92 Å². The fourth-order valence-electron chi connectivity index (χ4n) is 4.35. The molecule has 7 nitrogen and oxygen atoms in total. The molecule has 2 aliphatic rings. The van der Waals surface area contributed by atoms with Crippen LogP contribution < -0.4 is 0 Å². The quantitative estimate of drug-likeness (QED) is 0.559. The molecule has 0 saturated carbocycles. The van der Waals surface area contributed by atoms with Crippen LogP contribution in [-0.2, 0) is 14.3 Å². The number of amides is 2. The highest BCUT2D eigenvalue weighted by molar-refractivity contribution is 6.42. The number of piperidine rings is 1. The first-order valence-corrected chi connectivity index (χ1v) is 12.2. The SMILES string of the molecule is COCC1CCN(CC(O)CN2CCN(C(=O)C=Cc3ccc(Cl)c(Cl)c3)CCC2=O)CC1. The van der Waals surface area contributed by atoms with E-state index in [0.29, 0.717) is 42.1 Å². The fraction of sp³-hybridized carbons (Fsp3) is 0.583. The summed E-state index contributed by atoms with van der Waals surface area (Å²) in [7, 11) is 1.73. The molecule has 182 valence electrons. The Kier molecular flexibility index (Phi) is 10.0. The number of halogens is 2. The molecule has 3 rings (SSSR count). The normalized spacial score (nSPS) is 19.8. The molecule has 0 radical (unpaired) electrons. The van der Waals surface area contributed by atoms with Crippen molar-refractivity contribution in [2.24, 2.45) is 5.92 Å². The Morgan fingerprint density at radius 2 is 1.91 bits per heavy atom. The largest absolute Gasteiger partial charge is 0.390 e. The Bertz CT molecular complexity index is 843. The number of aliphatic hydroxyl groups excluding tert-OH is 1. The molecule has 0 aromatic heterocycles. The van der Waals surface area contributed by atoms with Crippen LogP contribution in [0.4, 0.5) is 0 Å². The molecule has 2 saturated heterocycles. The average molecular weight is 498 g/mol. The zero-order chi connectivity index (χ0) is 23.8. The van der Waals surface area contributed by atoms with Gasteiger partial charge in [-0.3, -0.25) is 9.59 Å². The Hall–Kier alpha value is -1.64. The van der Waals surface area contributed by atoms with Crippen molar-refractivity contribution in [3.63, 3.8) is 0 Å². The highest BCUT2D eigenvalue weighted by Crippen LogP contribution is 2.23. The molecule has 0 spiro atoms. The number of β-amino-alcohol motifs (C(OH)–C–C–N with tert-alkyl or cyclic N) is 1. The van der Waals surface area contributed by atoms with Gasteiger partial charge in [-0.15, -0.1) is 0 Å². The summed E-state index contributed by atoms with van der Waals surface area (Å²) in [5.41, 5.74) is 0.777. The number of carbonyl (C=O) groups excluding carboxylic acids is 2. The Labute approximate surface area is 205 Å². The summed E-state index contributed by atoms with van der Waals surface area (Å²) in [4.78, 5) is 30.8. The van der Waals surface area contributed by atoms with E-state index in [1.165, 1.54) is 6.08 Å². The van der Waals surface area contributed by atoms with Crippen LogP contribution in [-0.4, -0.2) is 97.3 Å². The summed E-state index contributed by atoms with van der Waals surface area (Å²) in [6.45, 7) is 4.72. The number of hydrogen-bond acceptors (Lipinski definition) is 5. The van der Waals surface area contributed by atoms with Crippen molar-refractivity contribution < 1.29 is 19.4 Å². The molecule has 2 amide bonds. The predicted molar refractivity (Wildman–Crippen MR) is 130 cm³/mol. The van der Waals surface area contributed by atoms with Crippen molar-refractivity contribution in [2.45, 2.75) is 25.4 Å². The second kappa shape index (κ2) is 12.7. The molecule has 1 atom stereocenters. The maximum absolute atomic E-state index is 12.6. The minimum absolute atomic E-state index is 0.0309. The van der Waals surface area contributed by atoms with E-state index in [-0.39, 0.29) is 24.8 Å². The third-order valence-corrected chi connectivity index (χ3v) is 7.01. The van der Waals surface area contributed by atoms with Gasteiger partial charge in [-0.2, -0.15) is 0 Å². The number of nitrogens with zero attached hydrogens (tertiary/aromatic N) is 3. The fourth-order valence-corrected chi connectivity index (χ4v) is 4.66. The van der Waals surface area contributed by atoms with Crippen molar-refractivity contribution >= 4 is 41.1 Å². The van der Waals surface area contributed by atoms with Gasteiger partial charge >= 0.3 is 0 Å². The number of hydrogen-bond donors (Lipinski definition) is 1. The zero-order valence-corrected chi connectivity index (χ0v) is 20.6. The molecule has 1 unspecified atom stereocenters. The number of ether oxygens (including phenoxy) is 1. The van der Waals surface area contributed by atoms with E-state index in [2.05, 4.69) is 4.90 Å². The van der Waals surface area contributed by atoms with Gasteiger partial charge in [0.2, 0.25) is 11.8 Å². The van der Waals surface area contributed by atoms with E-state index in [1.807, 2.05) is 0 Å². The van der Waals surface area contributed by atoms with Crippen LogP contribution in [0.25, 0.3) is 6.08 Å². The van der Waals surface area contributed by atoms with Gasteiger partial charge in [-0.25, -0.2) is 0 Å². The van der Waals surface area contributed by atoms with Crippen LogP contribution in [0.15, 0.2) is 24.3 Å². The summed E-state index contributed by atoms with van der Waals surface area (Å²) < 4.78 is 5.24. The van der Waals surface area contributed by atoms with Crippen molar-refractivity contribution in [3.05, 3.63) is 39.9 Å². The molecule has 2 heterocycles. The maximum atomic E-state index is 12.6. The van der Waals surface area contributed by atoms with E-state index in [4.69, 9.17) is 27.9 Å². The second-order valence-corrected chi connectivity index (χ2v) is 9.59. The first kappa shape index (κ1) is 26.0. The third kappa shape index (κ3) is 7.97. The van der Waals surface area contributed by atoms with Crippen molar-refractivity contribution in [1.29, 1.82) is 0 Å². The van der Waals surface area contributed by atoms with E-state index < -0.39 is 6.10 Å². The summed E-state index contributed by atoms with van der Waals surface area (Å²) in [5, 5.41) is 11.5. The van der Waals surface area contributed by atoms with Gasteiger partial charge in [0.1, 0.15) is 0 Å². The minimum atomic E-state index is -0.607. The van der Waals surface area contributed by atoms with Crippen molar-refractivity contribution in [3.8, 4) is 0 Å². The lowest BCUT2D eigenvalue weighted by molar-refractivity contribution is -0.131. The lowest BCUT2D eigenvalue weighted by Gasteiger charge is -2.34. The number of aliphatic hydroxyl groups is 1. The average Bonchev–Trinajstić information content (AvgIpc) is 2.97. The van der Waals surface area contributed by atoms with E-state index in [1.54, 1.807) is 41.2 Å². The van der Waals surface area contributed by atoms with Crippen molar-refractivity contribution in [1.82, 2.24) is 14.7 Å². The van der Waals surface area contributed by atoms with Crippen molar-refractivity contribution in [2.75, 3.05) is 59.5 Å². The van der Waals surface area contributed by atoms with Gasteiger partial charge in [0, 0.05) is 58.9 Å². The lowest BCUT2D eigenvalue weighted by atomic mass is 9.97. The van der Waals surface area contributed by atoms with E-state index in [9.17, 15) is 14.7 Å². The van der Waals surface area contributed by atoms with E-state index >= 15 is 0 Å². The van der Waals surface area contributed by atoms with Crippen LogP contribution in [0.3, 0.4) is 0 Å². The number of carbonyl (C=O) groups is 2. The van der Waals surface area contributed by atoms with Gasteiger partial charge in [0.25, 0.3) is 0 Å². The number of rotatable bonds is 8. The molecular weight excluding hydrogens is 465 g/mol. The molecule has 0 aliphatic carbocycles. The highest BCUT2D eigenvalue weighted by Gasteiger charge is 2.26. The topological polar surface area (TPSA) is 73.3 Å². The smallest absolute Gasteiger partial charge is 0.246 e. The maximum Gasteiger partial charge on any atom is 0.246 e. The monoisotopic (exact) mass is 497 g/mol. The lowest BCUT2D eigenvalue weighted by Crippen LogP contribution is -2.45. The van der Waals surface area contributed by atoms with Gasteiger partial charge in [0.05, 0.1) is 16.1 Å². The van der Waals surface area contributed by atoms with E-state index in [0.717, 1.165) is 38.1 Å². The Morgan fingerprint density at radius 3 is 2.61 bits per heavy atom. The summed E-state index contributed by atoms with van der Waals surface area (Å²) >= 11 is 11.9.